The van der Waals surface area contributed by atoms with Crippen molar-refractivity contribution in [1.29, 1.82) is 0 Å². The van der Waals surface area contributed by atoms with Crippen molar-refractivity contribution in [1.82, 2.24) is 0 Å². The molecule has 1 saturated heterocycles. The molecule has 0 aromatic rings. The summed E-state index contributed by atoms with van der Waals surface area (Å²) in [4.78, 5) is 14.3. The normalized spacial score (nSPS) is 25.5. The zero-order valence-electron chi connectivity index (χ0n) is 13.0. The number of azide groups is 1. The second kappa shape index (κ2) is 8.02. The van der Waals surface area contributed by atoms with Gasteiger partial charge >= 0.3 is 5.97 Å². The first-order chi connectivity index (χ1) is 9.93. The van der Waals surface area contributed by atoms with Gasteiger partial charge in [0.25, 0.3) is 0 Å². The average Bonchev–Trinajstić information content (AvgIpc) is 2.74. The van der Waals surface area contributed by atoms with Gasteiger partial charge in [0, 0.05) is 4.91 Å². The lowest BCUT2D eigenvalue weighted by molar-refractivity contribution is -0.145. The highest BCUT2D eigenvalue weighted by molar-refractivity contribution is 5.72. The van der Waals surface area contributed by atoms with E-state index in [1.165, 1.54) is 7.11 Å². The van der Waals surface area contributed by atoms with E-state index in [2.05, 4.69) is 10.0 Å². The Balaban J connectivity index is 2.63. The molecule has 0 spiro atoms. The van der Waals surface area contributed by atoms with E-state index in [1.54, 1.807) is 0 Å². The van der Waals surface area contributed by atoms with Gasteiger partial charge in [-0.3, -0.25) is 4.79 Å². The maximum atomic E-state index is 11.5. The fraction of sp³-hybridized carbons (Fsp3) is 0.786. The number of methoxy groups -OCH3 is 1. The van der Waals surface area contributed by atoms with Gasteiger partial charge in [-0.1, -0.05) is 24.2 Å². The maximum absolute atomic E-state index is 11.5. The van der Waals surface area contributed by atoms with E-state index in [4.69, 9.17) is 19.7 Å². The lowest BCUT2D eigenvalue weighted by Gasteiger charge is -2.16. The Morgan fingerprint density at radius 2 is 2.24 bits per heavy atom. The van der Waals surface area contributed by atoms with Gasteiger partial charge in [-0.15, -0.1) is 0 Å². The van der Waals surface area contributed by atoms with Crippen molar-refractivity contribution in [3.8, 4) is 0 Å². The summed E-state index contributed by atoms with van der Waals surface area (Å²) in [6, 6.07) is 0. The van der Waals surface area contributed by atoms with Crippen LogP contribution in [-0.2, 0) is 19.0 Å². The van der Waals surface area contributed by atoms with Crippen molar-refractivity contribution >= 4 is 5.97 Å². The van der Waals surface area contributed by atoms with Gasteiger partial charge in [0.1, 0.15) is 6.10 Å². The van der Waals surface area contributed by atoms with Crippen molar-refractivity contribution in [3.63, 3.8) is 0 Å². The molecule has 0 bridgehead atoms. The summed E-state index contributed by atoms with van der Waals surface area (Å²) in [5.74, 6) is -1.08. The summed E-state index contributed by atoms with van der Waals surface area (Å²) >= 11 is 0. The third-order valence-electron chi connectivity index (χ3n) is 3.32. The number of nitrogens with zero attached hydrogens (tertiary/aromatic N) is 3. The molecular formula is C14H23N3O4. The number of carbonyl (C=O) groups excluding carboxylic acids is 1. The Bertz CT molecular complexity index is 430. The van der Waals surface area contributed by atoms with Crippen LogP contribution in [0.15, 0.2) is 17.3 Å². The molecule has 21 heavy (non-hydrogen) atoms. The number of rotatable bonds is 7. The van der Waals surface area contributed by atoms with Gasteiger partial charge in [0.2, 0.25) is 0 Å². The van der Waals surface area contributed by atoms with Gasteiger partial charge in [0.15, 0.2) is 5.79 Å². The first-order valence-electron chi connectivity index (χ1n) is 7.04. The molecule has 1 aliphatic rings. The number of hydrogen-bond acceptors (Lipinski definition) is 5. The van der Waals surface area contributed by atoms with Crippen LogP contribution in [0.1, 0.15) is 33.6 Å². The van der Waals surface area contributed by atoms with Crippen LogP contribution in [0.5, 0.6) is 0 Å². The highest BCUT2D eigenvalue weighted by Crippen LogP contribution is 2.29. The number of allylic oxidation sites excluding steroid dienone is 1. The lowest BCUT2D eigenvalue weighted by Crippen LogP contribution is -2.24. The highest BCUT2D eigenvalue weighted by atomic mass is 16.7. The monoisotopic (exact) mass is 297 g/mol. The van der Waals surface area contributed by atoms with Crippen LogP contribution < -0.4 is 0 Å². The highest BCUT2D eigenvalue weighted by Gasteiger charge is 2.39. The molecule has 0 radical (unpaired) electrons. The van der Waals surface area contributed by atoms with E-state index in [-0.39, 0.29) is 30.6 Å². The minimum Gasteiger partial charge on any atom is -0.469 e. The minimum absolute atomic E-state index is 0.155. The molecule has 0 aromatic carbocycles. The lowest BCUT2D eigenvalue weighted by atomic mass is 10.0. The van der Waals surface area contributed by atoms with Crippen LogP contribution in [0.4, 0.5) is 0 Å². The summed E-state index contributed by atoms with van der Waals surface area (Å²) in [5.41, 5.74) is 8.40. The first-order valence-corrected chi connectivity index (χ1v) is 7.04. The summed E-state index contributed by atoms with van der Waals surface area (Å²) in [7, 11) is 1.39. The smallest absolute Gasteiger partial charge is 0.308 e. The van der Waals surface area contributed by atoms with Crippen LogP contribution in [0, 0.1) is 5.92 Å². The molecule has 1 rings (SSSR count). The second-order valence-corrected chi connectivity index (χ2v) is 5.34. The number of ether oxygens (including phenoxy) is 3. The van der Waals surface area contributed by atoms with Crippen molar-refractivity contribution < 1.29 is 19.0 Å². The second-order valence-electron chi connectivity index (χ2n) is 5.34. The number of carbonyl (C=O) groups is 1. The quantitative estimate of drug-likeness (QED) is 0.237. The summed E-state index contributed by atoms with van der Waals surface area (Å²) in [6.07, 6.45) is 4.44. The molecule has 0 N–H and O–H groups in total. The van der Waals surface area contributed by atoms with E-state index < -0.39 is 5.79 Å². The largest absolute Gasteiger partial charge is 0.469 e. The fourth-order valence-electron chi connectivity index (χ4n) is 2.26. The third-order valence-corrected chi connectivity index (χ3v) is 3.32. The third kappa shape index (κ3) is 5.38. The van der Waals surface area contributed by atoms with E-state index in [9.17, 15) is 4.79 Å². The van der Waals surface area contributed by atoms with Gasteiger partial charge in [-0.2, -0.15) is 0 Å². The molecular weight excluding hydrogens is 274 g/mol. The zero-order valence-corrected chi connectivity index (χ0v) is 13.0. The molecule has 118 valence electrons. The Labute approximate surface area is 124 Å². The SMILES string of the molecule is CCC(C/C=C/[C@@H]1OC(C)(C)O[C@@H]1CN=[N+]=[N-])C(=O)OC. The molecule has 0 aromatic heterocycles. The molecule has 1 aliphatic heterocycles. The predicted molar refractivity (Wildman–Crippen MR) is 77.4 cm³/mol. The summed E-state index contributed by atoms with van der Waals surface area (Å²) in [5, 5.41) is 3.54. The Kier molecular flexibility index (Phi) is 6.68. The summed E-state index contributed by atoms with van der Waals surface area (Å²) < 4.78 is 16.2. The van der Waals surface area contributed by atoms with Crippen LogP contribution >= 0.6 is 0 Å². The van der Waals surface area contributed by atoms with Gasteiger partial charge in [0.05, 0.1) is 25.7 Å². The maximum Gasteiger partial charge on any atom is 0.308 e. The van der Waals surface area contributed by atoms with Crippen LogP contribution in [0.25, 0.3) is 10.4 Å². The number of hydrogen-bond donors (Lipinski definition) is 0. The predicted octanol–water partition coefficient (Wildman–Crippen LogP) is 2.96. The van der Waals surface area contributed by atoms with E-state index in [0.29, 0.717) is 12.8 Å². The molecule has 3 atom stereocenters. The first kappa shape index (κ1) is 17.5. The minimum atomic E-state index is -0.711. The van der Waals surface area contributed by atoms with Crippen LogP contribution in [-0.4, -0.2) is 37.6 Å². The van der Waals surface area contributed by atoms with Gasteiger partial charge in [-0.05, 0) is 32.2 Å². The van der Waals surface area contributed by atoms with Crippen molar-refractivity contribution in [2.75, 3.05) is 13.7 Å². The molecule has 1 fully saturated rings. The van der Waals surface area contributed by atoms with E-state index in [1.807, 2.05) is 32.9 Å². The van der Waals surface area contributed by atoms with Crippen molar-refractivity contribution in [2.45, 2.75) is 51.6 Å². The summed E-state index contributed by atoms with van der Waals surface area (Å²) in [6.45, 7) is 5.78. The Morgan fingerprint density at radius 1 is 1.52 bits per heavy atom. The molecule has 0 aliphatic carbocycles. The topological polar surface area (TPSA) is 93.5 Å². The van der Waals surface area contributed by atoms with Crippen LogP contribution in [0.2, 0.25) is 0 Å². The standard InChI is InChI=1S/C14H23N3O4/c1-5-10(13(18)19-4)7-6-8-11-12(9-16-17-15)21-14(2,3)20-11/h6,8,10-12H,5,7,9H2,1-4H3/b8-6+/t10?,11-,12+/m0/s1. The molecule has 1 heterocycles. The Morgan fingerprint density at radius 3 is 2.81 bits per heavy atom. The van der Waals surface area contributed by atoms with Crippen LogP contribution in [0.3, 0.4) is 0 Å². The van der Waals surface area contributed by atoms with Crippen molar-refractivity contribution in [3.05, 3.63) is 22.6 Å². The zero-order chi connectivity index (χ0) is 15.9. The molecule has 0 amide bonds. The number of esters is 1. The Hall–Kier alpha value is -1.56. The average molecular weight is 297 g/mol. The van der Waals surface area contributed by atoms with E-state index in [0.717, 1.165) is 0 Å². The molecule has 0 saturated carbocycles. The molecule has 1 unspecified atom stereocenters. The molecule has 7 nitrogen and oxygen atoms in total. The van der Waals surface area contributed by atoms with Crippen molar-refractivity contribution in [2.24, 2.45) is 11.0 Å². The fourth-order valence-corrected chi connectivity index (χ4v) is 2.26. The van der Waals surface area contributed by atoms with Gasteiger partial charge in [-0.25, -0.2) is 0 Å². The van der Waals surface area contributed by atoms with E-state index >= 15 is 0 Å². The molecule has 7 heteroatoms. The van der Waals surface area contributed by atoms with Gasteiger partial charge < -0.3 is 14.2 Å².